The van der Waals surface area contributed by atoms with Gasteiger partial charge in [-0.3, -0.25) is 0 Å². The summed E-state index contributed by atoms with van der Waals surface area (Å²) in [6, 6.07) is 0. The molecule has 15 heavy (non-hydrogen) atoms. The van der Waals surface area contributed by atoms with E-state index in [1.165, 1.54) is 0 Å². The smallest absolute Gasteiger partial charge is 0.336 e. The molecule has 1 aliphatic rings. The number of ether oxygens (including phenoxy) is 2. The van der Waals surface area contributed by atoms with E-state index in [-0.39, 0.29) is 18.8 Å². The molecule has 88 valence electrons. The molecule has 5 nitrogen and oxygen atoms in total. The van der Waals surface area contributed by atoms with Crippen LogP contribution in [0.5, 0.6) is 0 Å². The van der Waals surface area contributed by atoms with E-state index in [2.05, 4.69) is 0 Å². The molecule has 3 atom stereocenters. The number of esters is 1. The van der Waals surface area contributed by atoms with Gasteiger partial charge < -0.3 is 20.3 Å². The van der Waals surface area contributed by atoms with E-state index in [0.29, 0.717) is 6.42 Å². The third kappa shape index (κ3) is 3.77. The zero-order valence-electron chi connectivity index (χ0n) is 9.02. The Bertz CT molecular complexity index is 210. The number of hydrogen-bond acceptors (Lipinski definition) is 5. The lowest BCUT2D eigenvalue weighted by Gasteiger charge is -2.28. The monoisotopic (exact) mass is 217 g/mol. The van der Waals surface area contributed by atoms with Crippen LogP contribution in [0, 0.1) is 0 Å². The lowest BCUT2D eigenvalue weighted by Crippen LogP contribution is -2.36. The molecule has 1 saturated carbocycles. The fourth-order valence-corrected chi connectivity index (χ4v) is 1.76. The van der Waals surface area contributed by atoms with E-state index in [4.69, 9.17) is 20.3 Å². The molecule has 3 N–H and O–H groups in total. The second kappa shape index (κ2) is 6.05. The minimum Gasteiger partial charge on any atom is -0.460 e. The summed E-state index contributed by atoms with van der Waals surface area (Å²) in [6.07, 6.45) is 2.35. The molecule has 0 aromatic heterocycles. The van der Waals surface area contributed by atoms with Crippen molar-refractivity contribution in [2.75, 3.05) is 13.7 Å². The summed E-state index contributed by atoms with van der Waals surface area (Å²) in [6.45, 7) is -0.0980. The number of rotatable bonds is 4. The van der Waals surface area contributed by atoms with E-state index < -0.39 is 12.1 Å². The molecule has 1 rings (SSSR count). The highest BCUT2D eigenvalue weighted by Crippen LogP contribution is 2.23. The lowest BCUT2D eigenvalue weighted by atomic mass is 9.95. The molecule has 0 bridgehead atoms. The first-order valence-electron chi connectivity index (χ1n) is 5.28. The predicted octanol–water partition coefficient (Wildman–Crippen LogP) is -0.193. The molecule has 0 saturated heterocycles. The van der Waals surface area contributed by atoms with Crippen molar-refractivity contribution in [2.24, 2.45) is 5.73 Å². The van der Waals surface area contributed by atoms with E-state index in [0.717, 1.165) is 19.3 Å². The molecule has 1 aliphatic carbocycles. The molecular weight excluding hydrogens is 198 g/mol. The van der Waals surface area contributed by atoms with Gasteiger partial charge in [-0.2, -0.15) is 0 Å². The lowest BCUT2D eigenvalue weighted by molar-refractivity contribution is -0.162. The molecule has 0 radical (unpaired) electrons. The van der Waals surface area contributed by atoms with Crippen molar-refractivity contribution in [1.82, 2.24) is 0 Å². The van der Waals surface area contributed by atoms with Crippen molar-refractivity contribution in [2.45, 2.75) is 44.0 Å². The Hall–Kier alpha value is -0.650. The second-order valence-electron chi connectivity index (χ2n) is 3.83. The third-order valence-corrected chi connectivity index (χ3v) is 2.69. The van der Waals surface area contributed by atoms with E-state index in [1.807, 2.05) is 0 Å². The Morgan fingerprint density at radius 2 is 2.20 bits per heavy atom. The predicted molar refractivity (Wildman–Crippen MR) is 54.2 cm³/mol. The summed E-state index contributed by atoms with van der Waals surface area (Å²) in [5.74, 6) is -0.626. The van der Waals surface area contributed by atoms with Crippen LogP contribution in [0.15, 0.2) is 0 Å². The molecule has 0 aromatic rings. The van der Waals surface area contributed by atoms with Gasteiger partial charge in [-0.05, 0) is 19.3 Å². The number of carbonyl (C=O) groups is 1. The molecular formula is C10H19NO4. The van der Waals surface area contributed by atoms with E-state index >= 15 is 0 Å². The first kappa shape index (κ1) is 12.4. The van der Waals surface area contributed by atoms with Crippen molar-refractivity contribution in [3.8, 4) is 0 Å². The molecule has 0 heterocycles. The van der Waals surface area contributed by atoms with Crippen molar-refractivity contribution in [3.05, 3.63) is 0 Å². The molecule has 0 spiro atoms. The Kier molecular flexibility index (Phi) is 5.01. The highest BCUT2D eigenvalue weighted by atomic mass is 16.6. The van der Waals surface area contributed by atoms with Gasteiger partial charge >= 0.3 is 5.97 Å². The zero-order valence-corrected chi connectivity index (χ0v) is 9.02. The maximum absolute atomic E-state index is 11.2. The first-order chi connectivity index (χ1) is 7.17. The minimum atomic E-state index is -1.20. The zero-order chi connectivity index (χ0) is 11.3. The number of carbonyl (C=O) groups excluding carboxylic acids is 1. The van der Waals surface area contributed by atoms with E-state index in [1.54, 1.807) is 7.11 Å². The fraction of sp³-hybridized carbons (Fsp3) is 0.900. The topological polar surface area (TPSA) is 81.8 Å². The molecule has 5 heteroatoms. The van der Waals surface area contributed by atoms with Gasteiger partial charge in [-0.25, -0.2) is 4.79 Å². The summed E-state index contributed by atoms with van der Waals surface area (Å²) in [5, 5.41) is 9.15. The SMILES string of the molecule is COC1CCCC(OC(=O)C(O)CN)C1. The van der Waals surface area contributed by atoms with Crippen LogP contribution < -0.4 is 5.73 Å². The quantitative estimate of drug-likeness (QED) is 0.638. The van der Waals surface area contributed by atoms with Crippen LogP contribution in [0.2, 0.25) is 0 Å². The molecule has 0 aromatic carbocycles. The molecule has 0 amide bonds. The maximum atomic E-state index is 11.2. The third-order valence-electron chi connectivity index (χ3n) is 2.69. The Morgan fingerprint density at radius 3 is 2.80 bits per heavy atom. The first-order valence-corrected chi connectivity index (χ1v) is 5.28. The number of aliphatic hydroxyl groups excluding tert-OH is 1. The van der Waals surface area contributed by atoms with Crippen LogP contribution >= 0.6 is 0 Å². The number of methoxy groups -OCH3 is 1. The summed E-state index contributed by atoms with van der Waals surface area (Å²) in [7, 11) is 1.66. The molecule has 3 unspecified atom stereocenters. The van der Waals surface area contributed by atoms with Gasteiger partial charge in [0.1, 0.15) is 6.10 Å². The Labute approximate surface area is 89.5 Å². The van der Waals surface area contributed by atoms with Gasteiger partial charge in [0, 0.05) is 20.1 Å². The minimum absolute atomic E-state index is 0.0980. The highest BCUT2D eigenvalue weighted by molar-refractivity contribution is 5.74. The van der Waals surface area contributed by atoms with Crippen LogP contribution in [0.3, 0.4) is 0 Å². The summed E-state index contributed by atoms with van der Waals surface area (Å²) in [5.41, 5.74) is 5.16. The van der Waals surface area contributed by atoms with Crippen molar-refractivity contribution in [3.63, 3.8) is 0 Å². The summed E-state index contributed by atoms with van der Waals surface area (Å²) >= 11 is 0. The summed E-state index contributed by atoms with van der Waals surface area (Å²) < 4.78 is 10.3. The van der Waals surface area contributed by atoms with Crippen molar-refractivity contribution in [1.29, 1.82) is 0 Å². The van der Waals surface area contributed by atoms with Crippen LogP contribution in [0.4, 0.5) is 0 Å². The number of aliphatic hydroxyl groups is 1. The van der Waals surface area contributed by atoms with Crippen molar-refractivity contribution < 1.29 is 19.4 Å². The highest BCUT2D eigenvalue weighted by Gasteiger charge is 2.26. The van der Waals surface area contributed by atoms with Crippen LogP contribution in [0.25, 0.3) is 0 Å². The van der Waals surface area contributed by atoms with Gasteiger partial charge in [-0.15, -0.1) is 0 Å². The van der Waals surface area contributed by atoms with E-state index in [9.17, 15) is 4.79 Å². The van der Waals surface area contributed by atoms with Gasteiger partial charge in [0.15, 0.2) is 6.10 Å². The van der Waals surface area contributed by atoms with Crippen LogP contribution in [-0.2, 0) is 14.3 Å². The average Bonchev–Trinajstić information content (AvgIpc) is 2.28. The normalized spacial score (nSPS) is 28.5. The average molecular weight is 217 g/mol. The Morgan fingerprint density at radius 1 is 1.53 bits per heavy atom. The maximum Gasteiger partial charge on any atom is 0.336 e. The fourth-order valence-electron chi connectivity index (χ4n) is 1.76. The number of hydrogen-bond donors (Lipinski definition) is 2. The standard InChI is InChI=1S/C10H19NO4/c1-14-7-3-2-4-8(5-7)15-10(13)9(12)6-11/h7-9,12H,2-6,11H2,1H3. The van der Waals surface area contributed by atoms with Gasteiger partial charge in [0.25, 0.3) is 0 Å². The van der Waals surface area contributed by atoms with Crippen molar-refractivity contribution >= 4 is 5.97 Å². The van der Waals surface area contributed by atoms with Crippen LogP contribution in [0.1, 0.15) is 25.7 Å². The second-order valence-corrected chi connectivity index (χ2v) is 3.83. The number of nitrogens with two attached hydrogens (primary N) is 1. The Balaban J connectivity index is 2.34. The van der Waals surface area contributed by atoms with Gasteiger partial charge in [0.2, 0.25) is 0 Å². The molecule has 0 aliphatic heterocycles. The van der Waals surface area contributed by atoms with Gasteiger partial charge in [-0.1, -0.05) is 0 Å². The summed E-state index contributed by atoms with van der Waals surface area (Å²) in [4.78, 5) is 11.2. The van der Waals surface area contributed by atoms with Crippen LogP contribution in [-0.4, -0.2) is 43.0 Å². The largest absolute Gasteiger partial charge is 0.460 e. The molecule has 1 fully saturated rings. The van der Waals surface area contributed by atoms with Gasteiger partial charge in [0.05, 0.1) is 6.10 Å².